The molecule has 0 bridgehead atoms. The number of carbonyl (C=O) groups is 1. The fourth-order valence-corrected chi connectivity index (χ4v) is 2.66. The lowest BCUT2D eigenvalue weighted by molar-refractivity contribution is 0.0494. The quantitative estimate of drug-likeness (QED) is 0.876. The first kappa shape index (κ1) is 14.2. The minimum atomic E-state index is -0.427. The van der Waals surface area contributed by atoms with E-state index >= 15 is 0 Å². The van der Waals surface area contributed by atoms with E-state index in [0.29, 0.717) is 10.7 Å². The Hall–Kier alpha value is -1.26. The highest BCUT2D eigenvalue weighted by Crippen LogP contribution is 2.23. The van der Waals surface area contributed by atoms with E-state index in [0.717, 1.165) is 25.7 Å². The summed E-state index contributed by atoms with van der Waals surface area (Å²) in [7, 11) is 1.72. The SMILES string of the molecule is CN(C(=O)Nc1cccc(Cl)c1)[C@@H]1CCCC[C@H]1O. The van der Waals surface area contributed by atoms with Crippen molar-refractivity contribution in [1.29, 1.82) is 0 Å². The highest BCUT2D eigenvalue weighted by Gasteiger charge is 2.29. The molecule has 0 saturated heterocycles. The number of benzene rings is 1. The van der Waals surface area contributed by atoms with Crippen molar-refractivity contribution in [3.8, 4) is 0 Å². The van der Waals surface area contributed by atoms with Crippen LogP contribution in [-0.4, -0.2) is 35.2 Å². The lowest BCUT2D eigenvalue weighted by atomic mass is 9.92. The summed E-state index contributed by atoms with van der Waals surface area (Å²) in [5, 5.41) is 13.3. The topological polar surface area (TPSA) is 52.6 Å². The summed E-state index contributed by atoms with van der Waals surface area (Å²) >= 11 is 5.87. The summed E-state index contributed by atoms with van der Waals surface area (Å²) in [5.74, 6) is 0. The van der Waals surface area contributed by atoms with Crippen molar-refractivity contribution in [2.24, 2.45) is 0 Å². The third kappa shape index (κ3) is 3.61. The van der Waals surface area contributed by atoms with E-state index in [9.17, 15) is 9.90 Å². The van der Waals surface area contributed by atoms with Gasteiger partial charge in [0.15, 0.2) is 0 Å². The Morgan fingerprint density at radius 3 is 2.84 bits per heavy atom. The molecule has 2 amide bonds. The Balaban J connectivity index is 1.99. The Kier molecular flexibility index (Phi) is 4.66. The molecule has 0 aliphatic heterocycles. The van der Waals surface area contributed by atoms with Gasteiger partial charge in [0.1, 0.15) is 0 Å². The molecule has 0 heterocycles. The maximum atomic E-state index is 12.1. The first-order valence-electron chi connectivity index (χ1n) is 6.55. The predicted octanol–water partition coefficient (Wildman–Crippen LogP) is 3.11. The molecule has 1 saturated carbocycles. The first-order chi connectivity index (χ1) is 9.08. The zero-order valence-corrected chi connectivity index (χ0v) is 11.7. The molecule has 1 aromatic carbocycles. The minimum Gasteiger partial charge on any atom is -0.391 e. The maximum Gasteiger partial charge on any atom is 0.321 e. The number of carbonyl (C=O) groups excluding carboxylic acids is 1. The average molecular weight is 283 g/mol. The molecule has 0 spiro atoms. The summed E-state index contributed by atoms with van der Waals surface area (Å²) in [4.78, 5) is 13.7. The second-order valence-electron chi connectivity index (χ2n) is 4.97. The van der Waals surface area contributed by atoms with E-state index < -0.39 is 6.10 Å². The van der Waals surface area contributed by atoms with E-state index in [1.807, 2.05) is 0 Å². The number of amides is 2. The zero-order chi connectivity index (χ0) is 13.8. The molecule has 2 atom stereocenters. The Morgan fingerprint density at radius 1 is 1.42 bits per heavy atom. The highest BCUT2D eigenvalue weighted by atomic mass is 35.5. The lowest BCUT2D eigenvalue weighted by Gasteiger charge is -2.35. The summed E-state index contributed by atoms with van der Waals surface area (Å²) in [6, 6.07) is 6.71. The number of nitrogens with one attached hydrogen (secondary N) is 1. The van der Waals surface area contributed by atoms with E-state index in [-0.39, 0.29) is 12.1 Å². The summed E-state index contributed by atoms with van der Waals surface area (Å²) in [6.07, 6.45) is 3.27. The molecule has 19 heavy (non-hydrogen) atoms. The molecule has 1 aliphatic rings. The van der Waals surface area contributed by atoms with Crippen molar-refractivity contribution in [2.45, 2.75) is 37.8 Å². The van der Waals surface area contributed by atoms with Crippen LogP contribution in [0.4, 0.5) is 10.5 Å². The van der Waals surface area contributed by atoms with Crippen LogP contribution in [0.5, 0.6) is 0 Å². The smallest absolute Gasteiger partial charge is 0.321 e. The van der Waals surface area contributed by atoms with E-state index in [4.69, 9.17) is 11.6 Å². The van der Waals surface area contributed by atoms with E-state index in [1.165, 1.54) is 0 Å². The van der Waals surface area contributed by atoms with E-state index in [2.05, 4.69) is 5.32 Å². The van der Waals surface area contributed by atoms with Crippen LogP contribution < -0.4 is 5.32 Å². The van der Waals surface area contributed by atoms with Crippen LogP contribution in [-0.2, 0) is 0 Å². The maximum absolute atomic E-state index is 12.1. The number of rotatable bonds is 2. The molecule has 1 fully saturated rings. The Bertz CT molecular complexity index is 453. The third-order valence-corrected chi connectivity index (χ3v) is 3.82. The predicted molar refractivity (Wildman–Crippen MR) is 76.5 cm³/mol. The third-order valence-electron chi connectivity index (χ3n) is 3.59. The molecule has 0 aromatic heterocycles. The Labute approximate surface area is 118 Å². The van der Waals surface area contributed by atoms with Gasteiger partial charge in [-0.3, -0.25) is 0 Å². The van der Waals surface area contributed by atoms with Crippen LogP contribution in [0.2, 0.25) is 5.02 Å². The van der Waals surface area contributed by atoms with Crippen LogP contribution in [0.1, 0.15) is 25.7 Å². The molecule has 2 rings (SSSR count). The summed E-state index contributed by atoms with van der Waals surface area (Å²) < 4.78 is 0. The fraction of sp³-hybridized carbons (Fsp3) is 0.500. The van der Waals surface area contributed by atoms with Gasteiger partial charge in [-0.2, -0.15) is 0 Å². The molecule has 2 N–H and O–H groups in total. The second-order valence-corrected chi connectivity index (χ2v) is 5.41. The van der Waals surface area contributed by atoms with Crippen molar-refractivity contribution < 1.29 is 9.90 Å². The largest absolute Gasteiger partial charge is 0.391 e. The molecular formula is C14H19ClN2O2. The summed E-state index contributed by atoms with van der Waals surface area (Å²) in [6.45, 7) is 0. The van der Waals surface area contributed by atoms with Gasteiger partial charge in [0, 0.05) is 17.8 Å². The van der Waals surface area contributed by atoms with Gasteiger partial charge in [-0.15, -0.1) is 0 Å². The van der Waals surface area contributed by atoms with Gasteiger partial charge >= 0.3 is 6.03 Å². The van der Waals surface area contributed by atoms with Crippen LogP contribution in [0.15, 0.2) is 24.3 Å². The molecule has 4 nitrogen and oxygen atoms in total. The highest BCUT2D eigenvalue weighted by molar-refractivity contribution is 6.30. The van der Waals surface area contributed by atoms with Crippen molar-refractivity contribution in [3.63, 3.8) is 0 Å². The standard InChI is InChI=1S/C14H19ClN2O2/c1-17(12-7-2-3-8-13(12)18)14(19)16-11-6-4-5-10(15)9-11/h4-6,9,12-13,18H,2-3,7-8H2,1H3,(H,16,19)/t12-,13-/m1/s1. The molecule has 5 heteroatoms. The van der Waals surface area contributed by atoms with Gasteiger partial charge in [0.05, 0.1) is 12.1 Å². The number of aliphatic hydroxyl groups is 1. The van der Waals surface area contributed by atoms with Gasteiger partial charge < -0.3 is 15.3 Å². The molecular weight excluding hydrogens is 264 g/mol. The van der Waals surface area contributed by atoms with Gasteiger partial charge in [-0.25, -0.2) is 4.79 Å². The van der Waals surface area contributed by atoms with Gasteiger partial charge in [-0.1, -0.05) is 30.5 Å². The van der Waals surface area contributed by atoms with Crippen molar-refractivity contribution in [1.82, 2.24) is 4.90 Å². The van der Waals surface area contributed by atoms with E-state index in [1.54, 1.807) is 36.2 Å². The van der Waals surface area contributed by atoms with Crippen molar-refractivity contribution >= 4 is 23.3 Å². The van der Waals surface area contributed by atoms with Gasteiger partial charge in [-0.05, 0) is 31.0 Å². The van der Waals surface area contributed by atoms with Crippen LogP contribution in [0, 0.1) is 0 Å². The number of hydrogen-bond donors (Lipinski definition) is 2. The first-order valence-corrected chi connectivity index (χ1v) is 6.93. The number of aliphatic hydroxyl groups excluding tert-OH is 1. The molecule has 0 unspecified atom stereocenters. The number of nitrogens with zero attached hydrogens (tertiary/aromatic N) is 1. The lowest BCUT2D eigenvalue weighted by Crippen LogP contribution is -2.47. The average Bonchev–Trinajstić information content (AvgIpc) is 2.38. The van der Waals surface area contributed by atoms with Crippen LogP contribution >= 0.6 is 11.6 Å². The minimum absolute atomic E-state index is 0.104. The number of anilines is 1. The van der Waals surface area contributed by atoms with Crippen molar-refractivity contribution in [2.75, 3.05) is 12.4 Å². The normalized spacial score (nSPS) is 22.9. The van der Waals surface area contributed by atoms with Gasteiger partial charge in [0.2, 0.25) is 0 Å². The number of likely N-dealkylation sites (N-methyl/N-ethyl adjacent to an activating group) is 1. The van der Waals surface area contributed by atoms with Crippen LogP contribution in [0.25, 0.3) is 0 Å². The van der Waals surface area contributed by atoms with Gasteiger partial charge in [0.25, 0.3) is 0 Å². The molecule has 104 valence electrons. The van der Waals surface area contributed by atoms with Crippen molar-refractivity contribution in [3.05, 3.63) is 29.3 Å². The fourth-order valence-electron chi connectivity index (χ4n) is 2.47. The number of urea groups is 1. The molecule has 0 radical (unpaired) electrons. The monoisotopic (exact) mass is 282 g/mol. The molecule has 1 aliphatic carbocycles. The zero-order valence-electron chi connectivity index (χ0n) is 11.0. The number of halogens is 1. The number of hydrogen-bond acceptors (Lipinski definition) is 2. The molecule has 1 aromatic rings. The second kappa shape index (κ2) is 6.26. The van der Waals surface area contributed by atoms with Crippen LogP contribution in [0.3, 0.4) is 0 Å². The summed E-state index contributed by atoms with van der Waals surface area (Å²) in [5.41, 5.74) is 0.662. The Morgan fingerprint density at radius 2 is 2.16 bits per heavy atom.